The summed E-state index contributed by atoms with van der Waals surface area (Å²) in [5.74, 6) is 0.730. The smallest absolute Gasteiger partial charge is 0.117 e. The normalized spacial score (nSPS) is 12.5. The Labute approximate surface area is 133 Å². The molecule has 1 aromatic carbocycles. The standard InChI is InChI=1S/C18H28N4/c1-4-6-9-14(5-2)11-15-10-7-8-13(3)17(15)18-16(12-19)20-22-21-18/h7-8,10,14H,4-6,9,11-12,19H2,1-3H3,(H,20,21,22). The molecular formula is C18H28N4. The molecule has 1 heterocycles. The first-order valence-corrected chi connectivity index (χ1v) is 8.39. The number of unbranched alkanes of at least 4 members (excludes halogenated alkanes) is 1. The third-order valence-electron chi connectivity index (χ3n) is 4.46. The number of nitrogens with one attached hydrogen (secondary N) is 1. The first-order valence-electron chi connectivity index (χ1n) is 8.39. The molecule has 0 amide bonds. The minimum absolute atomic E-state index is 0.409. The van der Waals surface area contributed by atoms with Crippen LogP contribution in [-0.2, 0) is 13.0 Å². The van der Waals surface area contributed by atoms with Crippen LogP contribution in [-0.4, -0.2) is 15.4 Å². The number of nitrogens with two attached hydrogens (primary N) is 1. The van der Waals surface area contributed by atoms with Gasteiger partial charge in [-0.1, -0.05) is 57.7 Å². The zero-order valence-corrected chi connectivity index (χ0v) is 14.0. The second-order valence-corrected chi connectivity index (χ2v) is 6.05. The van der Waals surface area contributed by atoms with Crippen molar-refractivity contribution in [2.45, 2.75) is 59.4 Å². The minimum atomic E-state index is 0.409. The van der Waals surface area contributed by atoms with Crippen molar-refractivity contribution in [3.63, 3.8) is 0 Å². The highest BCUT2D eigenvalue weighted by molar-refractivity contribution is 5.69. The Morgan fingerprint density at radius 3 is 2.73 bits per heavy atom. The summed E-state index contributed by atoms with van der Waals surface area (Å²) in [5.41, 5.74) is 11.4. The molecule has 22 heavy (non-hydrogen) atoms. The molecule has 1 atom stereocenters. The SMILES string of the molecule is CCCCC(CC)Cc1cccc(C)c1-c1n[nH]nc1CN. The van der Waals surface area contributed by atoms with Gasteiger partial charge in [0.2, 0.25) is 0 Å². The van der Waals surface area contributed by atoms with Crippen molar-refractivity contribution in [2.75, 3.05) is 0 Å². The Hall–Kier alpha value is -1.68. The van der Waals surface area contributed by atoms with E-state index in [1.54, 1.807) is 0 Å². The van der Waals surface area contributed by atoms with Gasteiger partial charge in [-0.2, -0.15) is 15.4 Å². The van der Waals surface area contributed by atoms with Crippen LogP contribution in [0.15, 0.2) is 18.2 Å². The lowest BCUT2D eigenvalue weighted by Gasteiger charge is -2.18. The van der Waals surface area contributed by atoms with Gasteiger partial charge in [0.25, 0.3) is 0 Å². The zero-order valence-electron chi connectivity index (χ0n) is 14.0. The van der Waals surface area contributed by atoms with Crippen LogP contribution < -0.4 is 5.73 Å². The van der Waals surface area contributed by atoms with Gasteiger partial charge in [0.15, 0.2) is 0 Å². The number of nitrogens with zero attached hydrogens (tertiary/aromatic N) is 2. The van der Waals surface area contributed by atoms with Crippen LogP contribution in [0.3, 0.4) is 0 Å². The number of H-pyrrole nitrogens is 1. The molecule has 2 aromatic rings. The Morgan fingerprint density at radius 1 is 1.23 bits per heavy atom. The lowest BCUT2D eigenvalue weighted by atomic mass is 9.87. The summed E-state index contributed by atoms with van der Waals surface area (Å²) in [5, 5.41) is 11.3. The Balaban J connectivity index is 2.34. The topological polar surface area (TPSA) is 67.6 Å². The highest BCUT2D eigenvalue weighted by atomic mass is 15.3. The van der Waals surface area contributed by atoms with Gasteiger partial charge in [-0.05, 0) is 30.4 Å². The Kier molecular flexibility index (Phi) is 6.13. The van der Waals surface area contributed by atoms with Crippen molar-refractivity contribution in [3.05, 3.63) is 35.0 Å². The summed E-state index contributed by atoms with van der Waals surface area (Å²) < 4.78 is 0. The van der Waals surface area contributed by atoms with E-state index in [0.717, 1.165) is 23.7 Å². The second kappa shape index (κ2) is 8.08. The van der Waals surface area contributed by atoms with Crippen LogP contribution in [0.25, 0.3) is 11.3 Å². The summed E-state index contributed by atoms with van der Waals surface area (Å²) in [6.07, 6.45) is 6.18. The van der Waals surface area contributed by atoms with E-state index < -0.39 is 0 Å². The second-order valence-electron chi connectivity index (χ2n) is 6.05. The molecule has 1 unspecified atom stereocenters. The first-order chi connectivity index (χ1) is 10.7. The summed E-state index contributed by atoms with van der Waals surface area (Å²) in [4.78, 5) is 0. The van der Waals surface area contributed by atoms with Gasteiger partial charge in [-0.15, -0.1) is 0 Å². The number of aryl methyl sites for hydroxylation is 1. The quantitative estimate of drug-likeness (QED) is 0.774. The van der Waals surface area contributed by atoms with E-state index in [2.05, 4.69) is 54.4 Å². The summed E-state index contributed by atoms with van der Waals surface area (Å²) >= 11 is 0. The highest BCUT2D eigenvalue weighted by Gasteiger charge is 2.17. The van der Waals surface area contributed by atoms with Gasteiger partial charge in [0.1, 0.15) is 11.4 Å². The molecule has 0 aliphatic rings. The van der Waals surface area contributed by atoms with Crippen LogP contribution in [0.2, 0.25) is 0 Å². The number of benzene rings is 1. The molecule has 2 rings (SSSR count). The number of aromatic amines is 1. The minimum Gasteiger partial charge on any atom is -0.325 e. The predicted molar refractivity (Wildman–Crippen MR) is 91.5 cm³/mol. The largest absolute Gasteiger partial charge is 0.325 e. The molecule has 120 valence electrons. The molecule has 0 aliphatic heterocycles. The van der Waals surface area contributed by atoms with Crippen molar-refractivity contribution in [2.24, 2.45) is 11.7 Å². The molecular weight excluding hydrogens is 272 g/mol. The van der Waals surface area contributed by atoms with E-state index in [-0.39, 0.29) is 0 Å². The molecule has 0 saturated heterocycles. The van der Waals surface area contributed by atoms with Crippen molar-refractivity contribution in [1.29, 1.82) is 0 Å². The van der Waals surface area contributed by atoms with Gasteiger partial charge in [0, 0.05) is 12.1 Å². The van der Waals surface area contributed by atoms with Crippen LogP contribution in [0.5, 0.6) is 0 Å². The lowest BCUT2D eigenvalue weighted by molar-refractivity contribution is 0.449. The van der Waals surface area contributed by atoms with E-state index in [4.69, 9.17) is 5.73 Å². The van der Waals surface area contributed by atoms with E-state index >= 15 is 0 Å². The Bertz CT molecular complexity index is 589. The maximum atomic E-state index is 5.80. The highest BCUT2D eigenvalue weighted by Crippen LogP contribution is 2.31. The molecule has 0 radical (unpaired) electrons. The average Bonchev–Trinajstić information content (AvgIpc) is 2.99. The van der Waals surface area contributed by atoms with Gasteiger partial charge < -0.3 is 5.73 Å². The third kappa shape index (κ3) is 3.74. The van der Waals surface area contributed by atoms with E-state index in [0.29, 0.717) is 6.54 Å². The van der Waals surface area contributed by atoms with Crippen molar-refractivity contribution < 1.29 is 0 Å². The molecule has 0 bridgehead atoms. The summed E-state index contributed by atoms with van der Waals surface area (Å²) in [6.45, 7) is 7.10. The fourth-order valence-corrected chi connectivity index (χ4v) is 3.09. The fourth-order valence-electron chi connectivity index (χ4n) is 3.09. The molecule has 0 saturated carbocycles. The maximum Gasteiger partial charge on any atom is 0.117 e. The maximum absolute atomic E-state index is 5.80. The first kappa shape index (κ1) is 16.7. The van der Waals surface area contributed by atoms with Crippen LogP contribution in [0, 0.1) is 12.8 Å². The van der Waals surface area contributed by atoms with Gasteiger partial charge in [0.05, 0.1) is 0 Å². The summed E-state index contributed by atoms with van der Waals surface area (Å²) in [6, 6.07) is 6.51. The Morgan fingerprint density at radius 2 is 2.05 bits per heavy atom. The predicted octanol–water partition coefficient (Wildman–Crippen LogP) is 4.00. The van der Waals surface area contributed by atoms with E-state index in [1.807, 2.05) is 0 Å². The molecule has 4 nitrogen and oxygen atoms in total. The van der Waals surface area contributed by atoms with Crippen LogP contribution in [0.1, 0.15) is 56.4 Å². The molecule has 4 heteroatoms. The van der Waals surface area contributed by atoms with Gasteiger partial charge >= 0.3 is 0 Å². The number of hydrogen-bond donors (Lipinski definition) is 2. The monoisotopic (exact) mass is 300 g/mol. The van der Waals surface area contributed by atoms with Crippen molar-refractivity contribution in [1.82, 2.24) is 15.4 Å². The fraction of sp³-hybridized carbons (Fsp3) is 0.556. The number of hydrogen-bond acceptors (Lipinski definition) is 3. The van der Waals surface area contributed by atoms with Gasteiger partial charge in [-0.3, -0.25) is 0 Å². The third-order valence-corrected chi connectivity index (χ3v) is 4.46. The summed E-state index contributed by atoms with van der Waals surface area (Å²) in [7, 11) is 0. The van der Waals surface area contributed by atoms with E-state index in [1.165, 1.54) is 42.4 Å². The van der Waals surface area contributed by atoms with Gasteiger partial charge in [-0.25, -0.2) is 0 Å². The molecule has 0 aliphatic carbocycles. The molecule has 0 fully saturated rings. The van der Waals surface area contributed by atoms with Crippen LogP contribution >= 0.6 is 0 Å². The molecule has 3 N–H and O–H groups in total. The number of rotatable bonds is 8. The molecule has 1 aromatic heterocycles. The average molecular weight is 300 g/mol. The molecule has 0 spiro atoms. The van der Waals surface area contributed by atoms with Crippen molar-refractivity contribution in [3.8, 4) is 11.3 Å². The lowest BCUT2D eigenvalue weighted by Crippen LogP contribution is -2.07. The zero-order chi connectivity index (χ0) is 15.9. The van der Waals surface area contributed by atoms with E-state index in [9.17, 15) is 0 Å². The van der Waals surface area contributed by atoms with Crippen LogP contribution in [0.4, 0.5) is 0 Å². The number of aromatic nitrogens is 3. The van der Waals surface area contributed by atoms with Crippen molar-refractivity contribution >= 4 is 0 Å².